The van der Waals surface area contributed by atoms with Crippen molar-refractivity contribution in [2.75, 3.05) is 11.9 Å². The van der Waals surface area contributed by atoms with E-state index in [1.165, 1.54) is 23.1 Å². The molecule has 2 heterocycles. The Morgan fingerprint density at radius 2 is 2.07 bits per heavy atom. The number of thioether (sulfide) groups is 1. The molecule has 146 valence electrons. The molecule has 1 aromatic carbocycles. The fraction of sp³-hybridized carbons (Fsp3) is 0.263. The zero-order valence-electron chi connectivity index (χ0n) is 15.6. The van der Waals surface area contributed by atoms with Gasteiger partial charge in [-0.2, -0.15) is 4.98 Å². The molecule has 28 heavy (non-hydrogen) atoms. The van der Waals surface area contributed by atoms with Gasteiger partial charge in [-0.15, -0.1) is 23.1 Å². The number of thiophene rings is 1. The highest BCUT2D eigenvalue weighted by atomic mass is 32.2. The minimum atomic E-state index is -0.378. The van der Waals surface area contributed by atoms with Crippen LogP contribution in [-0.4, -0.2) is 28.6 Å². The number of nitrogens with zero attached hydrogens (tertiary/aromatic N) is 2. The molecular formula is C19H19N3O4S2. The van der Waals surface area contributed by atoms with Crippen molar-refractivity contribution in [1.82, 2.24) is 10.1 Å². The molecule has 0 unspecified atom stereocenters. The van der Waals surface area contributed by atoms with Crippen LogP contribution in [0.3, 0.4) is 0 Å². The summed E-state index contributed by atoms with van der Waals surface area (Å²) in [7, 11) is 0. The maximum atomic E-state index is 12.8. The van der Waals surface area contributed by atoms with Gasteiger partial charge in [-0.25, -0.2) is 4.79 Å². The van der Waals surface area contributed by atoms with Crippen molar-refractivity contribution in [1.29, 1.82) is 0 Å². The van der Waals surface area contributed by atoms with Gasteiger partial charge >= 0.3 is 5.97 Å². The summed E-state index contributed by atoms with van der Waals surface area (Å²) in [5.41, 5.74) is 1.31. The maximum Gasteiger partial charge on any atom is 0.348 e. The highest BCUT2D eigenvalue weighted by Gasteiger charge is 2.18. The fourth-order valence-corrected chi connectivity index (χ4v) is 4.29. The van der Waals surface area contributed by atoms with E-state index in [0.29, 0.717) is 39.5 Å². The van der Waals surface area contributed by atoms with E-state index in [1.807, 2.05) is 19.1 Å². The van der Waals surface area contributed by atoms with Crippen LogP contribution in [0.2, 0.25) is 0 Å². The van der Waals surface area contributed by atoms with Gasteiger partial charge in [0.05, 0.1) is 22.9 Å². The van der Waals surface area contributed by atoms with Gasteiger partial charge in [0.1, 0.15) is 4.88 Å². The zero-order valence-corrected chi connectivity index (χ0v) is 17.3. The number of carbonyl (C=O) groups excluding carboxylic acids is 2. The van der Waals surface area contributed by atoms with E-state index in [1.54, 1.807) is 32.0 Å². The smallest absolute Gasteiger partial charge is 0.348 e. The van der Waals surface area contributed by atoms with Crippen molar-refractivity contribution in [2.24, 2.45) is 0 Å². The van der Waals surface area contributed by atoms with Crippen molar-refractivity contribution in [3.8, 4) is 0 Å². The second kappa shape index (κ2) is 9.03. The van der Waals surface area contributed by atoms with E-state index in [-0.39, 0.29) is 11.9 Å². The summed E-state index contributed by atoms with van der Waals surface area (Å²) in [4.78, 5) is 30.2. The van der Waals surface area contributed by atoms with E-state index in [9.17, 15) is 9.59 Å². The first-order valence-electron chi connectivity index (χ1n) is 8.57. The number of anilines is 1. The van der Waals surface area contributed by atoms with E-state index in [4.69, 9.17) is 9.26 Å². The Bertz CT molecular complexity index is 997. The van der Waals surface area contributed by atoms with Crippen molar-refractivity contribution >= 4 is 40.0 Å². The third-order valence-electron chi connectivity index (χ3n) is 3.67. The minimum absolute atomic E-state index is 0.249. The Labute approximate surface area is 170 Å². The van der Waals surface area contributed by atoms with Gasteiger partial charge in [-0.3, -0.25) is 4.79 Å². The third kappa shape index (κ3) is 4.79. The second-order valence-electron chi connectivity index (χ2n) is 5.82. The molecular weight excluding hydrogens is 398 g/mol. The molecule has 0 aliphatic carbocycles. The summed E-state index contributed by atoms with van der Waals surface area (Å²) in [5, 5.41) is 7.23. The van der Waals surface area contributed by atoms with Crippen molar-refractivity contribution in [3.05, 3.63) is 58.1 Å². The second-order valence-corrected chi connectivity index (χ2v) is 7.89. The Morgan fingerprint density at radius 3 is 2.79 bits per heavy atom. The predicted molar refractivity (Wildman–Crippen MR) is 108 cm³/mol. The van der Waals surface area contributed by atoms with Crippen LogP contribution < -0.4 is 5.32 Å². The van der Waals surface area contributed by atoms with E-state index in [2.05, 4.69) is 15.5 Å². The minimum Gasteiger partial charge on any atom is -0.462 e. The van der Waals surface area contributed by atoms with Crippen LogP contribution >= 0.6 is 23.1 Å². The van der Waals surface area contributed by atoms with Gasteiger partial charge in [0.15, 0.2) is 5.82 Å². The maximum absolute atomic E-state index is 12.8. The number of amides is 1. The largest absolute Gasteiger partial charge is 0.462 e. The average molecular weight is 418 g/mol. The van der Waals surface area contributed by atoms with Gasteiger partial charge < -0.3 is 14.6 Å². The van der Waals surface area contributed by atoms with Crippen LogP contribution in [0.1, 0.15) is 44.2 Å². The Balaban J connectivity index is 1.72. The number of benzene rings is 1. The fourth-order valence-electron chi connectivity index (χ4n) is 2.44. The predicted octanol–water partition coefficient (Wildman–Crippen LogP) is 4.47. The summed E-state index contributed by atoms with van der Waals surface area (Å²) < 4.78 is 10.2. The first-order valence-corrected chi connectivity index (χ1v) is 10.4. The van der Waals surface area contributed by atoms with Gasteiger partial charge in [0.25, 0.3) is 5.91 Å². The summed E-state index contributed by atoms with van der Waals surface area (Å²) in [6, 6.07) is 9.06. The summed E-state index contributed by atoms with van der Waals surface area (Å²) in [6.07, 6.45) is 0. The normalized spacial score (nSPS) is 10.7. The number of hydrogen-bond acceptors (Lipinski definition) is 8. The standard InChI is InChI=1S/C19H19N3O4S2/c1-4-25-19(24)17-11(2)9-16(28-17)21-18(23)13-7-5-6-8-14(13)27-10-15-20-12(3)22-26-15/h5-9H,4,10H2,1-3H3,(H,21,23). The topological polar surface area (TPSA) is 94.3 Å². The lowest BCUT2D eigenvalue weighted by Crippen LogP contribution is -2.12. The van der Waals surface area contributed by atoms with Crippen molar-refractivity contribution in [3.63, 3.8) is 0 Å². The van der Waals surface area contributed by atoms with Crippen molar-refractivity contribution < 1.29 is 18.8 Å². The van der Waals surface area contributed by atoms with Crippen LogP contribution in [0.5, 0.6) is 0 Å². The van der Waals surface area contributed by atoms with Crippen LogP contribution in [0.25, 0.3) is 0 Å². The Hall–Kier alpha value is -2.65. The monoisotopic (exact) mass is 417 g/mol. The zero-order chi connectivity index (χ0) is 20.1. The van der Waals surface area contributed by atoms with Gasteiger partial charge in [0.2, 0.25) is 5.89 Å². The number of aryl methyl sites for hydroxylation is 2. The molecule has 2 aromatic heterocycles. The molecule has 0 saturated heterocycles. The molecule has 0 saturated carbocycles. The average Bonchev–Trinajstić information content (AvgIpc) is 3.25. The van der Waals surface area contributed by atoms with Crippen LogP contribution in [0, 0.1) is 13.8 Å². The lowest BCUT2D eigenvalue weighted by atomic mass is 10.2. The molecule has 1 N–H and O–H groups in total. The first-order chi connectivity index (χ1) is 13.5. The molecule has 1 amide bonds. The highest BCUT2D eigenvalue weighted by molar-refractivity contribution is 7.98. The lowest BCUT2D eigenvalue weighted by Gasteiger charge is -2.08. The first kappa shape index (κ1) is 20.1. The Kier molecular flexibility index (Phi) is 6.48. The number of aromatic nitrogens is 2. The number of hydrogen-bond donors (Lipinski definition) is 1. The number of esters is 1. The third-order valence-corrected chi connectivity index (χ3v) is 5.86. The highest BCUT2D eigenvalue weighted by Crippen LogP contribution is 2.30. The molecule has 9 heteroatoms. The van der Waals surface area contributed by atoms with E-state index >= 15 is 0 Å². The Morgan fingerprint density at radius 1 is 1.29 bits per heavy atom. The quantitative estimate of drug-likeness (QED) is 0.448. The number of rotatable bonds is 7. The molecule has 0 aliphatic rings. The van der Waals surface area contributed by atoms with Crippen LogP contribution in [-0.2, 0) is 10.5 Å². The van der Waals surface area contributed by atoms with E-state index < -0.39 is 0 Å². The SMILES string of the molecule is CCOC(=O)c1sc(NC(=O)c2ccccc2SCc2nc(C)no2)cc1C. The van der Waals surface area contributed by atoms with Gasteiger partial charge in [-0.05, 0) is 44.5 Å². The molecule has 3 rings (SSSR count). The molecule has 7 nitrogen and oxygen atoms in total. The molecule has 0 aliphatic heterocycles. The molecule has 0 spiro atoms. The number of ether oxygens (including phenoxy) is 1. The molecule has 0 radical (unpaired) electrons. The summed E-state index contributed by atoms with van der Waals surface area (Å²) in [6.45, 7) is 5.64. The number of nitrogens with one attached hydrogen (secondary N) is 1. The lowest BCUT2D eigenvalue weighted by molar-refractivity contribution is 0.0531. The molecule has 0 bridgehead atoms. The van der Waals surface area contributed by atoms with E-state index in [0.717, 1.165) is 10.5 Å². The van der Waals surface area contributed by atoms with Crippen LogP contribution in [0.15, 0.2) is 39.8 Å². The summed E-state index contributed by atoms with van der Waals surface area (Å²) in [5.74, 6) is 0.923. The van der Waals surface area contributed by atoms with Gasteiger partial charge in [-0.1, -0.05) is 17.3 Å². The molecule has 0 atom stereocenters. The van der Waals surface area contributed by atoms with Crippen molar-refractivity contribution in [2.45, 2.75) is 31.4 Å². The van der Waals surface area contributed by atoms with Crippen LogP contribution in [0.4, 0.5) is 5.00 Å². The molecule has 3 aromatic rings. The summed E-state index contributed by atoms with van der Waals surface area (Å²) >= 11 is 2.65. The van der Waals surface area contributed by atoms with Gasteiger partial charge in [0, 0.05) is 4.90 Å². The number of carbonyl (C=O) groups is 2. The molecule has 0 fully saturated rings.